The minimum absolute atomic E-state index is 0.0363. The first-order valence-corrected chi connectivity index (χ1v) is 6.93. The third-order valence-corrected chi connectivity index (χ3v) is 3.69. The van der Waals surface area contributed by atoms with Crippen molar-refractivity contribution < 1.29 is 9.47 Å². The van der Waals surface area contributed by atoms with Gasteiger partial charge in [0.1, 0.15) is 0 Å². The average molecular weight is 289 g/mol. The molecule has 0 aromatic carbocycles. The van der Waals surface area contributed by atoms with E-state index in [1.165, 1.54) is 0 Å². The molecule has 0 amide bonds. The van der Waals surface area contributed by atoms with Gasteiger partial charge in [-0.25, -0.2) is 5.43 Å². The Morgan fingerprint density at radius 1 is 1.68 bits per heavy atom. The van der Waals surface area contributed by atoms with Gasteiger partial charge in [0.2, 0.25) is 0 Å². The fourth-order valence-electron chi connectivity index (χ4n) is 2.43. The van der Waals surface area contributed by atoms with Gasteiger partial charge in [0, 0.05) is 13.7 Å². The number of nitrogens with one attached hydrogen (secondary N) is 1. The summed E-state index contributed by atoms with van der Waals surface area (Å²) in [7, 11) is 1.66. The molecule has 108 valence electrons. The van der Waals surface area contributed by atoms with Crippen molar-refractivity contribution >= 4 is 11.6 Å². The molecule has 7 heteroatoms. The van der Waals surface area contributed by atoms with E-state index >= 15 is 0 Å². The van der Waals surface area contributed by atoms with Gasteiger partial charge in [0.25, 0.3) is 0 Å². The third-order valence-electron chi connectivity index (χ3n) is 3.40. The van der Waals surface area contributed by atoms with Gasteiger partial charge in [0.15, 0.2) is 0 Å². The van der Waals surface area contributed by atoms with Crippen LogP contribution in [0.25, 0.3) is 0 Å². The third kappa shape index (κ3) is 3.46. The fraction of sp³-hybridized carbons (Fsp3) is 0.750. The number of aromatic nitrogens is 2. The highest BCUT2D eigenvalue weighted by atomic mass is 35.5. The molecular formula is C12H21ClN4O2. The van der Waals surface area contributed by atoms with E-state index in [-0.39, 0.29) is 12.1 Å². The van der Waals surface area contributed by atoms with Crippen LogP contribution in [0.2, 0.25) is 5.02 Å². The van der Waals surface area contributed by atoms with Crippen LogP contribution < -0.4 is 11.3 Å². The Bertz CT molecular complexity index is 393. The monoisotopic (exact) mass is 288 g/mol. The molecule has 2 rings (SSSR count). The zero-order chi connectivity index (χ0) is 13.7. The van der Waals surface area contributed by atoms with Crippen molar-refractivity contribution in [2.75, 3.05) is 20.3 Å². The summed E-state index contributed by atoms with van der Waals surface area (Å²) < 4.78 is 12.7. The maximum Gasteiger partial charge on any atom is 0.0905 e. The molecule has 1 fully saturated rings. The van der Waals surface area contributed by atoms with E-state index in [1.807, 2.05) is 4.68 Å². The van der Waals surface area contributed by atoms with Gasteiger partial charge in [-0.1, -0.05) is 11.6 Å². The SMILES string of the molecule is COCCn1ncc(Cl)c1C(NN)C1CCCCO1. The molecule has 1 aliphatic rings. The number of rotatable bonds is 6. The van der Waals surface area contributed by atoms with Gasteiger partial charge < -0.3 is 9.47 Å². The van der Waals surface area contributed by atoms with Crippen molar-refractivity contribution in [3.05, 3.63) is 16.9 Å². The van der Waals surface area contributed by atoms with Crippen molar-refractivity contribution in [1.82, 2.24) is 15.2 Å². The lowest BCUT2D eigenvalue weighted by Crippen LogP contribution is -2.41. The van der Waals surface area contributed by atoms with E-state index in [9.17, 15) is 0 Å². The highest BCUT2D eigenvalue weighted by molar-refractivity contribution is 6.31. The minimum Gasteiger partial charge on any atom is -0.383 e. The lowest BCUT2D eigenvalue weighted by molar-refractivity contribution is -0.0102. The highest BCUT2D eigenvalue weighted by Gasteiger charge is 2.29. The smallest absolute Gasteiger partial charge is 0.0905 e. The normalized spacial score (nSPS) is 21.5. The van der Waals surface area contributed by atoms with Gasteiger partial charge in [0.05, 0.1) is 42.2 Å². The molecule has 0 spiro atoms. The van der Waals surface area contributed by atoms with Crippen LogP contribution in [0.4, 0.5) is 0 Å². The minimum atomic E-state index is -0.146. The topological polar surface area (TPSA) is 74.3 Å². The number of ether oxygens (including phenoxy) is 2. The molecule has 1 aromatic rings. The highest BCUT2D eigenvalue weighted by Crippen LogP contribution is 2.30. The van der Waals surface area contributed by atoms with Gasteiger partial charge in [-0.3, -0.25) is 10.5 Å². The van der Waals surface area contributed by atoms with Gasteiger partial charge in [-0.15, -0.1) is 0 Å². The summed E-state index contributed by atoms with van der Waals surface area (Å²) >= 11 is 6.24. The number of methoxy groups -OCH3 is 1. The van der Waals surface area contributed by atoms with Crippen molar-refractivity contribution in [1.29, 1.82) is 0 Å². The largest absolute Gasteiger partial charge is 0.383 e. The zero-order valence-electron chi connectivity index (χ0n) is 11.1. The molecule has 0 radical (unpaired) electrons. The summed E-state index contributed by atoms with van der Waals surface area (Å²) in [5.41, 5.74) is 3.69. The molecule has 2 atom stereocenters. The van der Waals surface area contributed by atoms with E-state index in [1.54, 1.807) is 13.3 Å². The quantitative estimate of drug-likeness (QED) is 0.609. The lowest BCUT2D eigenvalue weighted by Gasteiger charge is -2.30. The molecule has 0 aliphatic carbocycles. The predicted molar refractivity (Wildman–Crippen MR) is 72.8 cm³/mol. The molecule has 2 heterocycles. The molecule has 2 unspecified atom stereocenters. The summed E-state index contributed by atoms with van der Waals surface area (Å²) in [4.78, 5) is 0. The van der Waals surface area contributed by atoms with Crippen LogP contribution in [0.15, 0.2) is 6.20 Å². The number of halogens is 1. The second kappa shape index (κ2) is 7.21. The molecule has 6 nitrogen and oxygen atoms in total. The van der Waals surface area contributed by atoms with Crippen LogP contribution in [0, 0.1) is 0 Å². The first kappa shape index (κ1) is 14.7. The zero-order valence-corrected chi connectivity index (χ0v) is 11.9. The lowest BCUT2D eigenvalue weighted by atomic mass is 10.00. The Hall–Kier alpha value is -0.660. The first-order valence-electron chi connectivity index (χ1n) is 6.55. The molecule has 0 saturated carbocycles. The average Bonchev–Trinajstić information content (AvgIpc) is 2.80. The van der Waals surface area contributed by atoms with E-state index in [0.717, 1.165) is 31.6 Å². The second-order valence-corrected chi connectivity index (χ2v) is 5.05. The van der Waals surface area contributed by atoms with Crippen molar-refractivity contribution in [3.63, 3.8) is 0 Å². The maximum atomic E-state index is 6.24. The number of hydrazine groups is 1. The summed E-state index contributed by atoms with van der Waals surface area (Å²) in [6, 6.07) is -0.146. The summed E-state index contributed by atoms with van der Waals surface area (Å²) in [6.07, 6.45) is 4.89. The summed E-state index contributed by atoms with van der Waals surface area (Å²) in [6.45, 7) is 1.99. The maximum absolute atomic E-state index is 6.24. The molecule has 3 N–H and O–H groups in total. The predicted octanol–water partition coefficient (Wildman–Crippen LogP) is 1.26. The molecule has 19 heavy (non-hydrogen) atoms. The molecular weight excluding hydrogens is 268 g/mol. The van der Waals surface area contributed by atoms with Crippen LogP contribution >= 0.6 is 11.6 Å². The Balaban J connectivity index is 2.18. The van der Waals surface area contributed by atoms with Crippen molar-refractivity contribution in [2.24, 2.45) is 5.84 Å². The standard InChI is InChI=1S/C12H21ClN4O2/c1-18-7-5-17-12(9(13)8-15-17)11(16-14)10-4-2-3-6-19-10/h8,10-11,16H,2-7,14H2,1H3. The number of hydrogen-bond donors (Lipinski definition) is 2. The Kier molecular flexibility index (Phi) is 5.59. The second-order valence-electron chi connectivity index (χ2n) is 4.64. The van der Waals surface area contributed by atoms with E-state index in [4.69, 9.17) is 26.9 Å². The van der Waals surface area contributed by atoms with Gasteiger partial charge in [-0.05, 0) is 19.3 Å². The fourth-order valence-corrected chi connectivity index (χ4v) is 2.69. The number of nitrogens with zero attached hydrogens (tertiary/aromatic N) is 2. The van der Waals surface area contributed by atoms with Crippen LogP contribution in [-0.2, 0) is 16.0 Å². The Morgan fingerprint density at radius 2 is 2.53 bits per heavy atom. The van der Waals surface area contributed by atoms with E-state index in [0.29, 0.717) is 18.2 Å². The van der Waals surface area contributed by atoms with Crippen LogP contribution in [0.3, 0.4) is 0 Å². The Morgan fingerprint density at radius 3 is 3.16 bits per heavy atom. The molecule has 0 bridgehead atoms. The molecule has 1 aliphatic heterocycles. The molecule has 1 aromatic heterocycles. The Labute approximate surface area is 118 Å². The van der Waals surface area contributed by atoms with E-state index in [2.05, 4.69) is 10.5 Å². The molecule has 1 saturated heterocycles. The van der Waals surface area contributed by atoms with E-state index < -0.39 is 0 Å². The summed E-state index contributed by atoms with van der Waals surface area (Å²) in [5.74, 6) is 5.70. The number of hydrogen-bond acceptors (Lipinski definition) is 5. The van der Waals surface area contributed by atoms with Crippen molar-refractivity contribution in [2.45, 2.75) is 38.0 Å². The number of nitrogens with two attached hydrogens (primary N) is 1. The first-order chi connectivity index (χ1) is 9.27. The van der Waals surface area contributed by atoms with Crippen LogP contribution in [0.5, 0.6) is 0 Å². The van der Waals surface area contributed by atoms with Crippen LogP contribution in [-0.4, -0.2) is 36.2 Å². The van der Waals surface area contributed by atoms with Gasteiger partial charge >= 0.3 is 0 Å². The summed E-state index contributed by atoms with van der Waals surface area (Å²) in [5, 5.41) is 4.88. The van der Waals surface area contributed by atoms with Crippen molar-refractivity contribution in [3.8, 4) is 0 Å². The van der Waals surface area contributed by atoms with Crippen LogP contribution in [0.1, 0.15) is 31.0 Å². The van der Waals surface area contributed by atoms with Gasteiger partial charge in [-0.2, -0.15) is 5.10 Å².